The minimum Gasteiger partial charge on any atom is -0.482 e. The Bertz CT molecular complexity index is 699. The van der Waals surface area contributed by atoms with Crippen LogP contribution >= 0.6 is 0 Å². The Balaban J connectivity index is 1.93. The Morgan fingerprint density at radius 1 is 1.26 bits per heavy atom. The minimum absolute atomic E-state index is 0.186. The van der Waals surface area contributed by atoms with E-state index in [0.717, 1.165) is 5.56 Å². The normalized spacial score (nSPS) is 10.3. The molecule has 0 aliphatic carbocycles. The molecular formula is C17H16N2O4. The van der Waals surface area contributed by atoms with E-state index in [1.54, 1.807) is 48.8 Å². The molecule has 1 aromatic carbocycles. The first kappa shape index (κ1) is 16.2. The van der Waals surface area contributed by atoms with Gasteiger partial charge in [0.15, 0.2) is 6.61 Å². The highest BCUT2D eigenvalue weighted by Gasteiger charge is 2.03. The fourth-order valence-electron chi connectivity index (χ4n) is 1.70. The van der Waals surface area contributed by atoms with E-state index in [-0.39, 0.29) is 12.5 Å². The molecular weight excluding hydrogens is 296 g/mol. The third-order valence-electron chi connectivity index (χ3n) is 2.80. The Labute approximate surface area is 133 Å². The Morgan fingerprint density at radius 3 is 2.87 bits per heavy atom. The number of pyridine rings is 1. The second-order valence-electron chi connectivity index (χ2n) is 4.50. The van der Waals surface area contributed by atoms with Gasteiger partial charge in [-0.05, 0) is 29.8 Å². The summed E-state index contributed by atoms with van der Waals surface area (Å²) in [6.45, 7) is -0.186. The van der Waals surface area contributed by atoms with Crippen LogP contribution in [0.3, 0.4) is 0 Å². The number of esters is 1. The van der Waals surface area contributed by atoms with E-state index in [2.05, 4.69) is 15.0 Å². The molecule has 6 nitrogen and oxygen atoms in total. The van der Waals surface area contributed by atoms with Crippen LogP contribution in [0.5, 0.6) is 5.75 Å². The number of carbonyl (C=O) groups excluding carboxylic acids is 2. The number of rotatable bonds is 6. The lowest BCUT2D eigenvalue weighted by atomic mass is 10.2. The predicted octanol–water partition coefficient (Wildman–Crippen LogP) is 2.29. The minimum atomic E-state index is -0.473. The van der Waals surface area contributed by atoms with Crippen molar-refractivity contribution in [3.05, 3.63) is 60.4 Å². The Kier molecular flexibility index (Phi) is 5.88. The van der Waals surface area contributed by atoms with Gasteiger partial charge in [0.05, 0.1) is 7.11 Å². The van der Waals surface area contributed by atoms with E-state index in [0.29, 0.717) is 11.4 Å². The monoisotopic (exact) mass is 312 g/mol. The maximum Gasteiger partial charge on any atom is 0.343 e. The standard InChI is InChI=1S/C17H16N2O4/c1-22-17(21)12-23-15-6-2-5-14(10-15)19-16(20)8-7-13-4-3-9-18-11-13/h2-11H,12H2,1H3,(H,19,20). The maximum absolute atomic E-state index is 11.9. The lowest BCUT2D eigenvalue weighted by Crippen LogP contribution is -2.13. The zero-order valence-electron chi connectivity index (χ0n) is 12.6. The topological polar surface area (TPSA) is 77.5 Å². The quantitative estimate of drug-likeness (QED) is 0.654. The highest BCUT2D eigenvalue weighted by Crippen LogP contribution is 2.17. The van der Waals surface area contributed by atoms with Crippen molar-refractivity contribution in [1.29, 1.82) is 0 Å². The summed E-state index contributed by atoms with van der Waals surface area (Å²) in [5, 5.41) is 2.71. The van der Waals surface area contributed by atoms with Gasteiger partial charge in [-0.3, -0.25) is 9.78 Å². The van der Waals surface area contributed by atoms with Crippen LogP contribution in [0.1, 0.15) is 5.56 Å². The predicted molar refractivity (Wildman–Crippen MR) is 85.9 cm³/mol. The molecule has 2 aromatic rings. The molecule has 2 rings (SSSR count). The molecule has 1 N–H and O–H groups in total. The average molecular weight is 312 g/mol. The number of carbonyl (C=O) groups is 2. The zero-order chi connectivity index (χ0) is 16.5. The number of nitrogens with one attached hydrogen (secondary N) is 1. The summed E-state index contributed by atoms with van der Waals surface area (Å²) in [5.41, 5.74) is 1.39. The highest BCUT2D eigenvalue weighted by atomic mass is 16.6. The van der Waals surface area contributed by atoms with Crippen LogP contribution in [0.4, 0.5) is 5.69 Å². The first-order valence-electron chi connectivity index (χ1n) is 6.86. The third kappa shape index (κ3) is 5.62. The number of hydrogen-bond acceptors (Lipinski definition) is 5. The molecule has 6 heteroatoms. The SMILES string of the molecule is COC(=O)COc1cccc(NC(=O)C=Cc2cccnc2)c1. The highest BCUT2D eigenvalue weighted by molar-refractivity contribution is 6.01. The van der Waals surface area contributed by atoms with Gasteiger partial charge >= 0.3 is 5.97 Å². The molecule has 1 amide bonds. The molecule has 1 aromatic heterocycles. The summed E-state index contributed by atoms with van der Waals surface area (Å²) in [6, 6.07) is 10.4. The Hall–Kier alpha value is -3.15. The third-order valence-corrected chi connectivity index (χ3v) is 2.80. The van der Waals surface area contributed by atoms with E-state index >= 15 is 0 Å². The van der Waals surface area contributed by atoms with Crippen molar-refractivity contribution in [2.24, 2.45) is 0 Å². The van der Waals surface area contributed by atoms with Crippen molar-refractivity contribution < 1.29 is 19.1 Å². The van der Waals surface area contributed by atoms with Crippen molar-refractivity contribution in [3.63, 3.8) is 0 Å². The summed E-state index contributed by atoms with van der Waals surface area (Å²) in [7, 11) is 1.29. The molecule has 23 heavy (non-hydrogen) atoms. The number of nitrogens with zero attached hydrogens (tertiary/aromatic N) is 1. The Morgan fingerprint density at radius 2 is 2.13 bits per heavy atom. The lowest BCUT2D eigenvalue weighted by Gasteiger charge is -2.07. The summed E-state index contributed by atoms with van der Waals surface area (Å²) in [6.07, 6.45) is 6.40. The number of aromatic nitrogens is 1. The van der Waals surface area contributed by atoms with Crippen LogP contribution in [0.2, 0.25) is 0 Å². The second-order valence-corrected chi connectivity index (χ2v) is 4.50. The van der Waals surface area contributed by atoms with Crippen molar-refractivity contribution >= 4 is 23.6 Å². The van der Waals surface area contributed by atoms with E-state index in [1.807, 2.05) is 6.07 Å². The van der Waals surface area contributed by atoms with Gasteiger partial charge in [0.25, 0.3) is 0 Å². The molecule has 0 saturated carbocycles. The van der Waals surface area contributed by atoms with E-state index in [9.17, 15) is 9.59 Å². The lowest BCUT2D eigenvalue weighted by molar-refractivity contribution is -0.142. The van der Waals surface area contributed by atoms with Gasteiger partial charge in [0, 0.05) is 30.2 Å². The van der Waals surface area contributed by atoms with Crippen molar-refractivity contribution in [2.45, 2.75) is 0 Å². The fraction of sp³-hybridized carbons (Fsp3) is 0.118. The second kappa shape index (κ2) is 8.33. The summed E-state index contributed by atoms with van der Waals surface area (Å²) in [4.78, 5) is 26.9. The smallest absolute Gasteiger partial charge is 0.343 e. The molecule has 0 aliphatic rings. The summed E-state index contributed by atoms with van der Waals surface area (Å²) >= 11 is 0. The first-order valence-corrected chi connectivity index (χ1v) is 6.86. The van der Waals surface area contributed by atoms with Gasteiger partial charge in [-0.15, -0.1) is 0 Å². The van der Waals surface area contributed by atoms with Crippen molar-refractivity contribution in [3.8, 4) is 5.75 Å². The van der Waals surface area contributed by atoms with E-state index in [4.69, 9.17) is 4.74 Å². The molecule has 0 spiro atoms. The zero-order valence-corrected chi connectivity index (χ0v) is 12.6. The molecule has 0 radical (unpaired) electrons. The number of hydrogen-bond donors (Lipinski definition) is 1. The van der Waals surface area contributed by atoms with Crippen LogP contribution in [-0.4, -0.2) is 30.6 Å². The average Bonchev–Trinajstić information content (AvgIpc) is 2.59. The van der Waals surface area contributed by atoms with Crippen LogP contribution < -0.4 is 10.1 Å². The first-order chi connectivity index (χ1) is 11.2. The molecule has 0 atom stereocenters. The summed E-state index contributed by atoms with van der Waals surface area (Å²) in [5.74, 6) is -0.290. The summed E-state index contributed by atoms with van der Waals surface area (Å²) < 4.78 is 9.75. The van der Waals surface area contributed by atoms with Gasteiger partial charge in [0.1, 0.15) is 5.75 Å². The fourth-order valence-corrected chi connectivity index (χ4v) is 1.70. The number of benzene rings is 1. The molecule has 0 saturated heterocycles. The van der Waals surface area contributed by atoms with Gasteiger partial charge in [-0.1, -0.05) is 12.1 Å². The number of ether oxygens (including phenoxy) is 2. The number of anilines is 1. The number of methoxy groups -OCH3 is 1. The van der Waals surface area contributed by atoms with Crippen molar-refractivity contribution in [1.82, 2.24) is 4.98 Å². The molecule has 0 bridgehead atoms. The number of amides is 1. The van der Waals surface area contributed by atoms with Gasteiger partial charge in [0.2, 0.25) is 5.91 Å². The molecule has 0 unspecified atom stereocenters. The van der Waals surface area contributed by atoms with E-state index in [1.165, 1.54) is 13.2 Å². The van der Waals surface area contributed by atoms with Crippen LogP contribution in [0, 0.1) is 0 Å². The van der Waals surface area contributed by atoms with Gasteiger partial charge < -0.3 is 14.8 Å². The van der Waals surface area contributed by atoms with Crippen molar-refractivity contribution in [2.75, 3.05) is 19.0 Å². The molecule has 1 heterocycles. The maximum atomic E-state index is 11.9. The molecule has 0 aliphatic heterocycles. The van der Waals surface area contributed by atoms with Gasteiger partial charge in [-0.25, -0.2) is 4.79 Å². The van der Waals surface area contributed by atoms with Crippen LogP contribution in [-0.2, 0) is 14.3 Å². The van der Waals surface area contributed by atoms with E-state index < -0.39 is 5.97 Å². The largest absolute Gasteiger partial charge is 0.482 e. The molecule has 0 fully saturated rings. The van der Waals surface area contributed by atoms with Gasteiger partial charge in [-0.2, -0.15) is 0 Å². The molecule has 118 valence electrons. The van der Waals surface area contributed by atoms with Crippen LogP contribution in [0.25, 0.3) is 6.08 Å². The van der Waals surface area contributed by atoms with Crippen LogP contribution in [0.15, 0.2) is 54.9 Å².